The van der Waals surface area contributed by atoms with Gasteiger partial charge >= 0.3 is 0 Å². The molecule has 3 aromatic heterocycles. The number of phenolic OH excluding ortho intramolecular Hbond substituents is 1. The molecule has 0 bridgehead atoms. The fourth-order valence-electron chi connectivity index (χ4n) is 3.90. The Balaban J connectivity index is 1.38. The molecule has 36 heavy (non-hydrogen) atoms. The van der Waals surface area contributed by atoms with E-state index >= 15 is 0 Å². The van der Waals surface area contributed by atoms with Crippen LogP contribution in [0.5, 0.6) is 5.75 Å². The van der Waals surface area contributed by atoms with Crippen LogP contribution in [-0.2, 0) is 17.8 Å². The lowest BCUT2D eigenvalue weighted by molar-refractivity contribution is -0.115. The third kappa shape index (κ3) is 5.48. The molecule has 184 valence electrons. The molecular weight excluding hydrogens is 476 g/mol. The molecule has 0 aliphatic carbocycles. The van der Waals surface area contributed by atoms with Crippen LogP contribution in [0, 0.1) is 0 Å². The minimum absolute atomic E-state index is 0.114. The Labute approximate surface area is 211 Å². The highest BCUT2D eigenvalue weighted by atomic mass is 32.1. The van der Waals surface area contributed by atoms with Crippen LogP contribution >= 0.6 is 11.3 Å². The molecule has 3 N–H and O–H groups in total. The summed E-state index contributed by atoms with van der Waals surface area (Å²) >= 11 is 1.43. The number of hydrogen-bond acceptors (Lipinski definition) is 7. The Morgan fingerprint density at radius 1 is 1.19 bits per heavy atom. The number of hydrogen-bond donors (Lipinski definition) is 3. The normalized spacial score (nSPS) is 11.8. The summed E-state index contributed by atoms with van der Waals surface area (Å²) < 4.78 is 7.09. The van der Waals surface area contributed by atoms with Crippen LogP contribution < -0.4 is 5.32 Å². The van der Waals surface area contributed by atoms with Gasteiger partial charge < -0.3 is 19.9 Å². The van der Waals surface area contributed by atoms with Crippen molar-refractivity contribution in [1.82, 2.24) is 14.8 Å². The first-order valence-electron chi connectivity index (χ1n) is 11.5. The number of carbonyl (C=O) groups is 1. The molecule has 0 spiro atoms. The standard InChI is InChI=1S/C27H26N4O4S/c1-27(2,34)7-8-31-14-19-11-24(22(13-23(19)30-31)18-6-9-35-15-18)29-25(33)12-20-16-36-26(28-20)17-4-3-5-21(32)10-17/h3-6,9-11,13-16,32,34H,7-8,12H2,1-2H3,(H,29,33). The third-order valence-electron chi connectivity index (χ3n) is 5.74. The SMILES string of the molecule is CC(C)(O)CCn1cc2cc(NC(=O)Cc3csc(-c4cccc(O)c4)n3)c(-c3ccoc3)cc2n1. The summed E-state index contributed by atoms with van der Waals surface area (Å²) in [5, 5.41) is 30.9. The van der Waals surface area contributed by atoms with Gasteiger partial charge in [0, 0.05) is 45.9 Å². The van der Waals surface area contributed by atoms with Crippen LogP contribution in [0.1, 0.15) is 26.0 Å². The molecule has 0 unspecified atom stereocenters. The molecule has 0 atom stereocenters. The maximum absolute atomic E-state index is 13.0. The molecule has 0 saturated carbocycles. The van der Waals surface area contributed by atoms with Crippen LogP contribution in [0.15, 0.2) is 71.0 Å². The minimum Gasteiger partial charge on any atom is -0.508 e. The average molecular weight is 503 g/mol. The van der Waals surface area contributed by atoms with Crippen molar-refractivity contribution < 1.29 is 19.4 Å². The molecule has 3 heterocycles. The van der Waals surface area contributed by atoms with E-state index in [4.69, 9.17) is 4.42 Å². The van der Waals surface area contributed by atoms with Gasteiger partial charge in [-0.3, -0.25) is 9.48 Å². The summed E-state index contributed by atoms with van der Waals surface area (Å²) in [5.74, 6) is -0.0196. The highest BCUT2D eigenvalue weighted by molar-refractivity contribution is 7.13. The fourth-order valence-corrected chi connectivity index (χ4v) is 4.72. The largest absolute Gasteiger partial charge is 0.508 e. The van der Waals surface area contributed by atoms with Crippen molar-refractivity contribution in [3.63, 3.8) is 0 Å². The second kappa shape index (κ2) is 9.60. The molecule has 0 fully saturated rings. The number of aliphatic hydroxyl groups is 1. The number of carbonyl (C=O) groups excluding carboxylic acids is 1. The number of rotatable bonds is 8. The van der Waals surface area contributed by atoms with Crippen molar-refractivity contribution in [2.75, 3.05) is 5.32 Å². The summed E-state index contributed by atoms with van der Waals surface area (Å²) in [5.41, 5.74) is 3.75. The van der Waals surface area contributed by atoms with E-state index in [1.807, 2.05) is 40.5 Å². The van der Waals surface area contributed by atoms with Gasteiger partial charge in [0.15, 0.2) is 0 Å². The van der Waals surface area contributed by atoms with Crippen molar-refractivity contribution in [1.29, 1.82) is 0 Å². The van der Waals surface area contributed by atoms with Crippen molar-refractivity contribution in [2.45, 2.75) is 38.8 Å². The Bertz CT molecular complexity index is 1510. The number of thiazole rings is 1. The number of phenols is 1. The molecule has 0 saturated heterocycles. The van der Waals surface area contributed by atoms with E-state index in [1.165, 1.54) is 11.3 Å². The van der Waals surface area contributed by atoms with Crippen molar-refractivity contribution in [3.8, 4) is 27.4 Å². The zero-order valence-corrected chi connectivity index (χ0v) is 20.7. The van der Waals surface area contributed by atoms with Gasteiger partial charge in [-0.25, -0.2) is 4.98 Å². The maximum Gasteiger partial charge on any atom is 0.230 e. The smallest absolute Gasteiger partial charge is 0.230 e. The lowest BCUT2D eigenvalue weighted by Crippen LogP contribution is -2.21. The molecule has 9 heteroatoms. The van der Waals surface area contributed by atoms with Gasteiger partial charge in [0.05, 0.1) is 35.8 Å². The average Bonchev–Trinajstić information content (AvgIpc) is 3.57. The number of nitrogens with zero attached hydrogens (tertiary/aromatic N) is 3. The molecular formula is C27H26N4O4S. The Morgan fingerprint density at radius 3 is 2.81 bits per heavy atom. The number of aryl methyl sites for hydroxylation is 1. The van der Waals surface area contributed by atoms with Gasteiger partial charge in [-0.15, -0.1) is 11.3 Å². The maximum atomic E-state index is 13.0. The number of aromatic nitrogens is 3. The Hall–Kier alpha value is -3.95. The summed E-state index contributed by atoms with van der Waals surface area (Å²) in [6.07, 6.45) is 5.81. The predicted molar refractivity (Wildman–Crippen MR) is 140 cm³/mol. The van der Waals surface area contributed by atoms with Crippen molar-refractivity contribution >= 4 is 33.8 Å². The van der Waals surface area contributed by atoms with Crippen LogP contribution in [0.3, 0.4) is 0 Å². The second-order valence-corrected chi connectivity index (χ2v) is 10.2. The lowest BCUT2D eigenvalue weighted by Gasteiger charge is -2.16. The molecule has 2 aromatic carbocycles. The van der Waals surface area contributed by atoms with Gasteiger partial charge in [-0.05, 0) is 50.6 Å². The van der Waals surface area contributed by atoms with Gasteiger partial charge in [0.1, 0.15) is 10.8 Å². The highest BCUT2D eigenvalue weighted by Crippen LogP contribution is 2.33. The van der Waals surface area contributed by atoms with Crippen LogP contribution in [0.25, 0.3) is 32.6 Å². The van der Waals surface area contributed by atoms with E-state index in [0.29, 0.717) is 24.3 Å². The molecule has 0 aliphatic heterocycles. The van der Waals surface area contributed by atoms with Crippen LogP contribution in [0.2, 0.25) is 0 Å². The monoisotopic (exact) mass is 502 g/mol. The summed E-state index contributed by atoms with van der Waals surface area (Å²) in [6, 6.07) is 12.6. The molecule has 8 nitrogen and oxygen atoms in total. The second-order valence-electron chi connectivity index (χ2n) is 9.34. The van der Waals surface area contributed by atoms with Gasteiger partial charge in [0.25, 0.3) is 0 Å². The van der Waals surface area contributed by atoms with E-state index in [1.54, 1.807) is 44.6 Å². The molecule has 5 rings (SSSR count). The summed E-state index contributed by atoms with van der Waals surface area (Å²) in [7, 11) is 0. The van der Waals surface area contributed by atoms with E-state index < -0.39 is 5.60 Å². The number of nitrogens with one attached hydrogen (secondary N) is 1. The van der Waals surface area contributed by atoms with E-state index in [2.05, 4.69) is 15.4 Å². The molecule has 0 aliphatic rings. The number of aromatic hydroxyl groups is 1. The number of anilines is 1. The quantitative estimate of drug-likeness (QED) is 0.259. The van der Waals surface area contributed by atoms with Gasteiger partial charge in [-0.1, -0.05) is 12.1 Å². The predicted octanol–water partition coefficient (Wildman–Crippen LogP) is 5.47. The number of fused-ring (bicyclic) bond motifs is 1. The molecule has 0 radical (unpaired) electrons. The Kier molecular flexibility index (Phi) is 6.34. The molecule has 5 aromatic rings. The fraction of sp³-hybridized carbons (Fsp3) is 0.222. The van der Waals surface area contributed by atoms with Crippen molar-refractivity contribution in [3.05, 3.63) is 72.3 Å². The van der Waals surface area contributed by atoms with Crippen LogP contribution in [-0.4, -0.2) is 36.5 Å². The van der Waals surface area contributed by atoms with Gasteiger partial charge in [0.2, 0.25) is 5.91 Å². The number of furan rings is 1. The van der Waals surface area contributed by atoms with Crippen LogP contribution in [0.4, 0.5) is 5.69 Å². The summed E-state index contributed by atoms with van der Waals surface area (Å²) in [4.78, 5) is 17.6. The van der Waals surface area contributed by atoms with E-state index in [-0.39, 0.29) is 18.1 Å². The first-order chi connectivity index (χ1) is 17.2. The summed E-state index contributed by atoms with van der Waals surface area (Å²) in [6.45, 7) is 4.12. The number of amides is 1. The minimum atomic E-state index is -0.782. The zero-order valence-electron chi connectivity index (χ0n) is 19.9. The third-order valence-corrected chi connectivity index (χ3v) is 6.68. The first kappa shape index (κ1) is 23.8. The Morgan fingerprint density at radius 2 is 2.06 bits per heavy atom. The highest BCUT2D eigenvalue weighted by Gasteiger charge is 2.17. The van der Waals surface area contributed by atoms with E-state index in [9.17, 15) is 15.0 Å². The zero-order chi connectivity index (χ0) is 25.3. The first-order valence-corrected chi connectivity index (χ1v) is 12.4. The van der Waals surface area contributed by atoms with Crippen molar-refractivity contribution in [2.24, 2.45) is 0 Å². The number of benzene rings is 2. The van der Waals surface area contributed by atoms with E-state index in [0.717, 1.165) is 32.6 Å². The topological polar surface area (TPSA) is 113 Å². The van der Waals surface area contributed by atoms with Gasteiger partial charge in [-0.2, -0.15) is 5.10 Å². The molecule has 1 amide bonds. The lowest BCUT2D eigenvalue weighted by atomic mass is 10.0.